The van der Waals surface area contributed by atoms with Gasteiger partial charge in [0.1, 0.15) is 5.00 Å². The molecule has 2 heterocycles. The second kappa shape index (κ2) is 7.54. The molecule has 0 spiro atoms. The summed E-state index contributed by atoms with van der Waals surface area (Å²) in [5.74, 6) is -0.111. The fourth-order valence-electron chi connectivity index (χ4n) is 2.50. The third-order valence-corrected chi connectivity index (χ3v) is 4.74. The zero-order valence-electron chi connectivity index (χ0n) is 12.9. The Labute approximate surface area is 139 Å². The molecule has 1 aliphatic heterocycles. The van der Waals surface area contributed by atoms with Crippen molar-refractivity contribution < 1.29 is 4.79 Å². The molecular formula is C16H21N5OS. The molecule has 0 atom stereocenters. The van der Waals surface area contributed by atoms with Crippen LogP contribution in [0.25, 0.3) is 0 Å². The largest absolute Gasteiger partial charge is 0.345 e. The quantitative estimate of drug-likeness (QED) is 0.769. The minimum absolute atomic E-state index is 0.111. The lowest BCUT2D eigenvalue weighted by Crippen LogP contribution is -2.43. The first-order valence-electron chi connectivity index (χ1n) is 7.78. The van der Waals surface area contributed by atoms with E-state index in [9.17, 15) is 4.79 Å². The van der Waals surface area contributed by atoms with Crippen LogP contribution in [0.4, 0.5) is 10.1 Å². The molecule has 0 saturated carbocycles. The number of aromatic nitrogens is 1. The van der Waals surface area contributed by atoms with Gasteiger partial charge in [-0.25, -0.2) is 4.98 Å². The van der Waals surface area contributed by atoms with Gasteiger partial charge in [0.15, 0.2) is 5.13 Å². The van der Waals surface area contributed by atoms with Gasteiger partial charge in [-0.15, -0.1) is 0 Å². The molecule has 3 rings (SSSR count). The number of hydrogen-bond acceptors (Lipinski definition) is 6. The maximum Gasteiger partial charge on any atom is 0.256 e. The van der Waals surface area contributed by atoms with Crippen LogP contribution in [0.2, 0.25) is 0 Å². The number of hydrogen-bond donors (Lipinski definition) is 3. The molecule has 7 heteroatoms. The van der Waals surface area contributed by atoms with E-state index < -0.39 is 0 Å². The Balaban J connectivity index is 1.62. The summed E-state index contributed by atoms with van der Waals surface area (Å²) in [4.78, 5) is 18.9. The number of carbonyl (C=O) groups is 1. The first-order valence-corrected chi connectivity index (χ1v) is 8.60. The molecule has 122 valence electrons. The average molecular weight is 331 g/mol. The highest BCUT2D eigenvalue weighted by molar-refractivity contribution is 7.19. The molecule has 23 heavy (non-hydrogen) atoms. The van der Waals surface area contributed by atoms with Crippen LogP contribution in [0.15, 0.2) is 30.5 Å². The lowest BCUT2D eigenvalue weighted by molar-refractivity contribution is 0.102. The van der Waals surface area contributed by atoms with Gasteiger partial charge in [-0.2, -0.15) is 0 Å². The monoisotopic (exact) mass is 331 g/mol. The van der Waals surface area contributed by atoms with Gasteiger partial charge in [0.2, 0.25) is 0 Å². The van der Waals surface area contributed by atoms with Gasteiger partial charge >= 0.3 is 0 Å². The molecule has 2 aromatic rings. The maximum absolute atomic E-state index is 12.3. The van der Waals surface area contributed by atoms with Crippen LogP contribution >= 0.6 is 11.3 Å². The summed E-state index contributed by atoms with van der Waals surface area (Å²) in [5.41, 5.74) is 7.31. The van der Waals surface area contributed by atoms with Crippen molar-refractivity contribution in [1.82, 2.24) is 10.3 Å². The van der Waals surface area contributed by atoms with Crippen LogP contribution in [-0.4, -0.2) is 43.6 Å². The zero-order chi connectivity index (χ0) is 16.1. The van der Waals surface area contributed by atoms with E-state index in [1.54, 1.807) is 6.20 Å². The molecule has 1 aliphatic rings. The number of carbonyl (C=O) groups excluding carboxylic acids is 1. The van der Waals surface area contributed by atoms with Crippen molar-refractivity contribution in [2.75, 3.05) is 42.9 Å². The smallest absolute Gasteiger partial charge is 0.256 e. The average Bonchev–Trinajstić information content (AvgIpc) is 3.05. The van der Waals surface area contributed by atoms with Crippen LogP contribution in [-0.2, 0) is 6.42 Å². The second-order valence-corrected chi connectivity index (χ2v) is 6.44. The molecule has 0 aliphatic carbocycles. The Kier molecular flexibility index (Phi) is 5.22. The first kappa shape index (κ1) is 15.9. The second-order valence-electron chi connectivity index (χ2n) is 5.43. The Morgan fingerprint density at radius 3 is 2.74 bits per heavy atom. The van der Waals surface area contributed by atoms with Crippen LogP contribution in [0.1, 0.15) is 15.9 Å². The SMILES string of the molecule is NCCc1ccc(C(=O)Nc2cnc(N3CCNCC3)s2)cc1. The molecule has 1 aromatic heterocycles. The van der Waals surface area contributed by atoms with Crippen LogP contribution in [0.5, 0.6) is 0 Å². The van der Waals surface area contributed by atoms with Crippen LogP contribution < -0.4 is 21.3 Å². The highest BCUT2D eigenvalue weighted by Gasteiger charge is 2.15. The van der Waals surface area contributed by atoms with Crippen molar-refractivity contribution in [2.45, 2.75) is 6.42 Å². The normalized spacial score (nSPS) is 14.7. The number of anilines is 2. The molecule has 1 fully saturated rings. The number of amides is 1. The van der Waals surface area contributed by atoms with Gasteiger partial charge in [-0.1, -0.05) is 23.5 Å². The lowest BCUT2D eigenvalue weighted by atomic mass is 10.1. The van der Waals surface area contributed by atoms with Crippen molar-refractivity contribution in [3.63, 3.8) is 0 Å². The van der Waals surface area contributed by atoms with E-state index in [0.717, 1.165) is 48.3 Å². The molecule has 0 radical (unpaired) electrons. The summed E-state index contributed by atoms with van der Waals surface area (Å²) in [6.45, 7) is 4.45. The van der Waals surface area contributed by atoms with Gasteiger partial charge in [0.05, 0.1) is 6.20 Å². The van der Waals surface area contributed by atoms with Crippen LogP contribution in [0.3, 0.4) is 0 Å². The Bertz CT molecular complexity index is 649. The van der Waals surface area contributed by atoms with Gasteiger partial charge in [0.25, 0.3) is 5.91 Å². The van der Waals surface area contributed by atoms with Crippen molar-refractivity contribution in [3.05, 3.63) is 41.6 Å². The number of thiazole rings is 1. The Morgan fingerprint density at radius 1 is 1.30 bits per heavy atom. The molecule has 6 nitrogen and oxygen atoms in total. The standard InChI is InChI=1S/C16H21N5OS/c17-6-5-12-1-3-13(4-2-12)15(22)20-14-11-19-16(23-14)21-9-7-18-8-10-21/h1-4,11,18H,5-10,17H2,(H,20,22). The third-order valence-electron chi connectivity index (χ3n) is 3.77. The van der Waals surface area contributed by atoms with Crippen molar-refractivity contribution in [3.8, 4) is 0 Å². The fraction of sp³-hybridized carbons (Fsp3) is 0.375. The predicted octanol–water partition coefficient (Wildman–Crippen LogP) is 1.31. The summed E-state index contributed by atoms with van der Waals surface area (Å²) in [5, 5.41) is 7.97. The van der Waals surface area contributed by atoms with Crippen molar-refractivity contribution in [1.29, 1.82) is 0 Å². The number of nitrogens with one attached hydrogen (secondary N) is 2. The van der Waals surface area contributed by atoms with Gasteiger partial charge in [-0.3, -0.25) is 4.79 Å². The number of nitrogens with zero attached hydrogens (tertiary/aromatic N) is 2. The number of rotatable bonds is 5. The predicted molar refractivity (Wildman–Crippen MR) is 94.4 cm³/mol. The molecule has 1 saturated heterocycles. The summed E-state index contributed by atoms with van der Waals surface area (Å²) < 4.78 is 0. The van der Waals surface area contributed by atoms with Crippen molar-refractivity contribution >= 4 is 27.4 Å². The summed E-state index contributed by atoms with van der Waals surface area (Å²) in [7, 11) is 0. The fourth-order valence-corrected chi connectivity index (χ4v) is 3.36. The highest BCUT2D eigenvalue weighted by atomic mass is 32.1. The molecule has 4 N–H and O–H groups in total. The van der Waals surface area contributed by atoms with E-state index in [1.807, 2.05) is 24.3 Å². The molecule has 0 unspecified atom stereocenters. The van der Waals surface area contributed by atoms with E-state index in [-0.39, 0.29) is 5.91 Å². The number of piperazine rings is 1. The summed E-state index contributed by atoms with van der Waals surface area (Å²) >= 11 is 1.51. The molecular weight excluding hydrogens is 310 g/mol. The van der Waals surface area contributed by atoms with E-state index in [0.29, 0.717) is 12.1 Å². The molecule has 0 bridgehead atoms. The Hall–Kier alpha value is -1.96. The number of benzene rings is 1. The van der Waals surface area contributed by atoms with E-state index in [1.165, 1.54) is 11.3 Å². The minimum atomic E-state index is -0.111. The van der Waals surface area contributed by atoms with Crippen LogP contribution in [0, 0.1) is 0 Å². The molecule has 1 aromatic carbocycles. The third kappa shape index (κ3) is 4.07. The minimum Gasteiger partial charge on any atom is -0.345 e. The van der Waals surface area contributed by atoms with E-state index in [2.05, 4.69) is 20.5 Å². The summed E-state index contributed by atoms with van der Waals surface area (Å²) in [6.07, 6.45) is 2.55. The van der Waals surface area contributed by atoms with E-state index in [4.69, 9.17) is 5.73 Å². The first-order chi connectivity index (χ1) is 11.3. The number of nitrogens with two attached hydrogens (primary N) is 1. The topological polar surface area (TPSA) is 83.3 Å². The van der Waals surface area contributed by atoms with Gasteiger partial charge < -0.3 is 21.3 Å². The summed E-state index contributed by atoms with van der Waals surface area (Å²) in [6, 6.07) is 7.55. The highest BCUT2D eigenvalue weighted by Crippen LogP contribution is 2.27. The van der Waals surface area contributed by atoms with E-state index >= 15 is 0 Å². The maximum atomic E-state index is 12.3. The lowest BCUT2D eigenvalue weighted by Gasteiger charge is -2.26. The van der Waals surface area contributed by atoms with Gasteiger partial charge in [-0.05, 0) is 30.7 Å². The van der Waals surface area contributed by atoms with Crippen molar-refractivity contribution in [2.24, 2.45) is 5.73 Å². The molecule has 1 amide bonds. The Morgan fingerprint density at radius 2 is 2.04 bits per heavy atom. The zero-order valence-corrected chi connectivity index (χ0v) is 13.7. The van der Waals surface area contributed by atoms with Gasteiger partial charge in [0, 0.05) is 31.7 Å².